The number of nitrogens with one attached hydrogen (secondary N) is 1. The van der Waals surface area contributed by atoms with Crippen molar-refractivity contribution >= 4 is 51.3 Å². The highest BCUT2D eigenvalue weighted by atomic mass is 32.2. The molecule has 0 saturated carbocycles. The number of methoxy groups -OCH3 is 1. The SMILES string of the molecule is COC(=O)c1c(SC(C)C(=O)Nc2sc3c(c2C#N)CCc2ccccc2-3)sc2c1CCc1ccccc1-2. The summed E-state index contributed by atoms with van der Waals surface area (Å²) in [5.74, 6) is -0.561. The van der Waals surface area contributed by atoms with Crippen LogP contribution in [0.4, 0.5) is 5.00 Å². The first-order valence-corrected chi connectivity index (χ1v) is 14.9. The molecule has 1 unspecified atom stereocenters. The third-order valence-electron chi connectivity index (χ3n) is 7.19. The number of nitriles is 1. The second-order valence-electron chi connectivity index (χ2n) is 9.35. The van der Waals surface area contributed by atoms with Crippen LogP contribution in [0, 0.1) is 11.3 Å². The molecule has 6 rings (SSSR count). The second kappa shape index (κ2) is 10.1. The van der Waals surface area contributed by atoms with E-state index in [2.05, 4.69) is 35.7 Å². The first-order valence-electron chi connectivity index (χ1n) is 12.4. The number of hydrogen-bond acceptors (Lipinski definition) is 7. The molecule has 5 nitrogen and oxygen atoms in total. The Labute approximate surface area is 233 Å². The third-order valence-corrected chi connectivity index (χ3v) is 11.0. The summed E-state index contributed by atoms with van der Waals surface area (Å²) in [6.07, 6.45) is 3.31. The fraction of sp³-hybridized carbons (Fsp3) is 0.233. The minimum Gasteiger partial charge on any atom is -0.465 e. The second-order valence-corrected chi connectivity index (χ2v) is 13.0. The topological polar surface area (TPSA) is 79.2 Å². The van der Waals surface area contributed by atoms with E-state index < -0.39 is 5.25 Å². The van der Waals surface area contributed by atoms with Gasteiger partial charge in [0.2, 0.25) is 5.91 Å². The molecule has 0 spiro atoms. The molecule has 1 N–H and O–H groups in total. The van der Waals surface area contributed by atoms with E-state index in [1.165, 1.54) is 41.3 Å². The van der Waals surface area contributed by atoms with E-state index in [-0.39, 0.29) is 11.9 Å². The number of carbonyl (C=O) groups excluding carboxylic acids is 2. The van der Waals surface area contributed by atoms with Gasteiger partial charge in [-0.1, -0.05) is 48.5 Å². The van der Waals surface area contributed by atoms with Crippen molar-refractivity contribution in [2.45, 2.75) is 42.1 Å². The standard InChI is InChI=1S/C30H24N2O3S3/c1-16(27(33)32-28-23(15-31)21-13-11-17-7-3-5-9-19(17)25(21)37-28)36-30-24(29(34)35-2)22-14-12-18-8-4-6-10-20(18)26(22)38-30/h3-10,16H,11-14H2,1-2H3,(H,32,33). The zero-order valence-electron chi connectivity index (χ0n) is 20.9. The van der Waals surface area contributed by atoms with Gasteiger partial charge in [0.1, 0.15) is 11.1 Å². The molecule has 0 bridgehead atoms. The van der Waals surface area contributed by atoms with Gasteiger partial charge in [-0.05, 0) is 66.0 Å². The average molecular weight is 557 g/mol. The summed E-state index contributed by atoms with van der Waals surface area (Å²) in [4.78, 5) is 28.4. The van der Waals surface area contributed by atoms with Crippen LogP contribution in [0.15, 0.2) is 52.7 Å². The first kappa shape index (κ1) is 24.9. The molecule has 0 saturated heterocycles. The number of hydrogen-bond donors (Lipinski definition) is 1. The van der Waals surface area contributed by atoms with Gasteiger partial charge in [-0.15, -0.1) is 34.4 Å². The van der Waals surface area contributed by atoms with Crippen LogP contribution in [-0.4, -0.2) is 24.2 Å². The van der Waals surface area contributed by atoms with Crippen molar-refractivity contribution < 1.29 is 14.3 Å². The summed E-state index contributed by atoms with van der Waals surface area (Å²) in [7, 11) is 1.40. The Balaban J connectivity index is 1.29. The highest BCUT2D eigenvalue weighted by Crippen LogP contribution is 2.48. The lowest BCUT2D eigenvalue weighted by molar-refractivity contribution is -0.115. The van der Waals surface area contributed by atoms with Crippen LogP contribution in [-0.2, 0) is 35.2 Å². The predicted octanol–water partition coefficient (Wildman–Crippen LogP) is 7.12. The van der Waals surface area contributed by atoms with Crippen LogP contribution in [0.5, 0.6) is 0 Å². The summed E-state index contributed by atoms with van der Waals surface area (Å²) < 4.78 is 5.94. The van der Waals surface area contributed by atoms with Crippen molar-refractivity contribution in [2.75, 3.05) is 12.4 Å². The van der Waals surface area contributed by atoms with E-state index in [0.717, 1.165) is 61.9 Å². The van der Waals surface area contributed by atoms with Crippen LogP contribution in [0.1, 0.15) is 45.1 Å². The molecule has 4 aromatic rings. The van der Waals surface area contributed by atoms with Gasteiger partial charge < -0.3 is 10.1 Å². The van der Waals surface area contributed by atoms with Crippen molar-refractivity contribution in [1.29, 1.82) is 5.26 Å². The van der Waals surface area contributed by atoms with E-state index in [1.807, 2.05) is 31.2 Å². The van der Waals surface area contributed by atoms with E-state index >= 15 is 0 Å². The zero-order chi connectivity index (χ0) is 26.4. The number of aryl methyl sites for hydroxylation is 2. The third kappa shape index (κ3) is 4.15. The van der Waals surface area contributed by atoms with Gasteiger partial charge in [-0.25, -0.2) is 4.79 Å². The largest absolute Gasteiger partial charge is 0.465 e. The Morgan fingerprint density at radius 3 is 2.18 bits per heavy atom. The number of nitrogens with zero attached hydrogens (tertiary/aromatic N) is 1. The maximum atomic E-state index is 13.4. The molecule has 38 heavy (non-hydrogen) atoms. The van der Waals surface area contributed by atoms with Crippen LogP contribution < -0.4 is 5.32 Å². The van der Waals surface area contributed by atoms with Crippen molar-refractivity contribution in [3.63, 3.8) is 0 Å². The van der Waals surface area contributed by atoms with E-state index in [0.29, 0.717) is 16.1 Å². The Hall–Kier alpha value is -3.38. The smallest absolute Gasteiger partial charge is 0.340 e. The van der Waals surface area contributed by atoms with Gasteiger partial charge in [-0.2, -0.15) is 5.26 Å². The number of fused-ring (bicyclic) bond motifs is 6. The molecule has 190 valence electrons. The normalized spacial score (nSPS) is 13.8. The van der Waals surface area contributed by atoms with E-state index in [9.17, 15) is 14.9 Å². The highest BCUT2D eigenvalue weighted by Gasteiger charge is 2.31. The summed E-state index contributed by atoms with van der Waals surface area (Å²) in [5.41, 5.74) is 7.99. The molecule has 0 aliphatic heterocycles. The van der Waals surface area contributed by atoms with Gasteiger partial charge in [0, 0.05) is 9.75 Å². The number of rotatable bonds is 5. The molecule has 1 atom stereocenters. The minimum absolute atomic E-state index is 0.194. The Morgan fingerprint density at radius 1 is 0.947 bits per heavy atom. The number of thiophene rings is 2. The molecule has 2 aromatic heterocycles. The number of thioether (sulfide) groups is 1. The van der Waals surface area contributed by atoms with Crippen LogP contribution in [0.25, 0.3) is 20.9 Å². The number of ether oxygens (including phenoxy) is 1. The maximum Gasteiger partial charge on any atom is 0.340 e. The highest BCUT2D eigenvalue weighted by molar-refractivity contribution is 8.02. The van der Waals surface area contributed by atoms with E-state index in [4.69, 9.17) is 4.74 Å². The van der Waals surface area contributed by atoms with Crippen molar-refractivity contribution in [3.05, 3.63) is 81.9 Å². The fourth-order valence-corrected chi connectivity index (χ4v) is 9.36. The minimum atomic E-state index is -0.480. The number of anilines is 1. The molecule has 2 aromatic carbocycles. The number of carbonyl (C=O) groups is 2. The fourth-order valence-electron chi connectivity index (χ4n) is 5.28. The molecule has 2 aliphatic rings. The van der Waals surface area contributed by atoms with Crippen LogP contribution >= 0.6 is 34.4 Å². The summed E-state index contributed by atoms with van der Waals surface area (Å²) in [5, 5.41) is 13.1. The Morgan fingerprint density at radius 2 is 1.55 bits per heavy atom. The van der Waals surface area contributed by atoms with Crippen molar-refractivity contribution in [1.82, 2.24) is 0 Å². The average Bonchev–Trinajstić information content (AvgIpc) is 3.50. The Kier molecular flexibility index (Phi) is 6.60. The molecule has 8 heteroatoms. The van der Waals surface area contributed by atoms with Gasteiger partial charge in [0.05, 0.1) is 27.7 Å². The quantitative estimate of drug-likeness (QED) is 0.209. The number of amides is 1. The van der Waals surface area contributed by atoms with Crippen LogP contribution in [0.2, 0.25) is 0 Å². The predicted molar refractivity (Wildman–Crippen MR) is 154 cm³/mol. The van der Waals surface area contributed by atoms with Gasteiger partial charge in [0.25, 0.3) is 0 Å². The van der Waals surface area contributed by atoms with Crippen LogP contribution in [0.3, 0.4) is 0 Å². The number of benzene rings is 2. The van der Waals surface area contributed by atoms with Gasteiger partial charge >= 0.3 is 5.97 Å². The maximum absolute atomic E-state index is 13.4. The first-order chi connectivity index (χ1) is 18.5. The summed E-state index contributed by atoms with van der Waals surface area (Å²) >= 11 is 4.40. The lowest BCUT2D eigenvalue weighted by Crippen LogP contribution is -2.22. The zero-order valence-corrected chi connectivity index (χ0v) is 23.4. The molecule has 2 heterocycles. The summed E-state index contributed by atoms with van der Waals surface area (Å²) in [6, 6.07) is 18.9. The number of esters is 1. The van der Waals surface area contributed by atoms with Crippen molar-refractivity contribution in [3.8, 4) is 27.0 Å². The molecule has 0 radical (unpaired) electrons. The Bertz CT molecular complexity index is 1640. The summed E-state index contributed by atoms with van der Waals surface area (Å²) in [6.45, 7) is 1.84. The molecular weight excluding hydrogens is 533 g/mol. The van der Waals surface area contributed by atoms with Gasteiger partial charge in [-0.3, -0.25) is 4.79 Å². The molecular formula is C30H24N2O3S3. The molecule has 0 fully saturated rings. The lowest BCUT2D eigenvalue weighted by atomic mass is 9.89. The molecule has 1 amide bonds. The van der Waals surface area contributed by atoms with Crippen molar-refractivity contribution in [2.24, 2.45) is 0 Å². The van der Waals surface area contributed by atoms with Gasteiger partial charge in [0.15, 0.2) is 0 Å². The monoisotopic (exact) mass is 556 g/mol. The molecule has 2 aliphatic carbocycles. The van der Waals surface area contributed by atoms with E-state index in [1.54, 1.807) is 11.3 Å². The lowest BCUT2D eigenvalue weighted by Gasteiger charge is -2.16.